The van der Waals surface area contributed by atoms with E-state index < -0.39 is 0 Å². The molecule has 1 aromatic heterocycles. The summed E-state index contributed by atoms with van der Waals surface area (Å²) in [6.45, 7) is 4.85. The SMILES string of the molecule is COCCN(C)Cc1ccc(C2CC2C)o1. The standard InChI is InChI=1S/C13H21NO2/c1-10-8-12(10)13-5-4-11(16-13)9-14(2)6-7-15-3/h4-5,10,12H,6-9H2,1-3H3. The third kappa shape index (κ3) is 2.86. The molecule has 90 valence electrons. The number of rotatable bonds is 6. The Morgan fingerprint density at radius 2 is 2.25 bits per heavy atom. The minimum atomic E-state index is 0.679. The van der Waals surface area contributed by atoms with Gasteiger partial charge in [0, 0.05) is 19.6 Å². The lowest BCUT2D eigenvalue weighted by atomic mass is 10.3. The van der Waals surface area contributed by atoms with Crippen molar-refractivity contribution in [2.75, 3.05) is 27.3 Å². The summed E-state index contributed by atoms with van der Waals surface area (Å²) in [5.41, 5.74) is 0. The van der Waals surface area contributed by atoms with Crippen molar-refractivity contribution in [1.82, 2.24) is 4.90 Å². The zero-order valence-electron chi connectivity index (χ0n) is 10.4. The summed E-state index contributed by atoms with van der Waals surface area (Å²) in [4.78, 5) is 2.21. The first kappa shape index (κ1) is 11.7. The second kappa shape index (κ2) is 5.02. The normalized spacial score (nSPS) is 24.0. The van der Waals surface area contributed by atoms with Crippen LogP contribution in [0.15, 0.2) is 16.5 Å². The molecule has 1 aliphatic rings. The minimum Gasteiger partial charge on any atom is -0.464 e. The van der Waals surface area contributed by atoms with Crippen molar-refractivity contribution >= 4 is 0 Å². The van der Waals surface area contributed by atoms with E-state index in [1.54, 1.807) is 7.11 Å². The first-order chi connectivity index (χ1) is 7.70. The molecule has 0 bridgehead atoms. The van der Waals surface area contributed by atoms with Crippen molar-refractivity contribution in [1.29, 1.82) is 0 Å². The minimum absolute atomic E-state index is 0.679. The van der Waals surface area contributed by atoms with Crippen LogP contribution in [0.3, 0.4) is 0 Å². The monoisotopic (exact) mass is 223 g/mol. The van der Waals surface area contributed by atoms with Gasteiger partial charge in [0.25, 0.3) is 0 Å². The molecule has 0 amide bonds. The third-order valence-corrected chi connectivity index (χ3v) is 3.26. The van der Waals surface area contributed by atoms with Gasteiger partial charge in [-0.1, -0.05) is 6.92 Å². The predicted molar refractivity (Wildman–Crippen MR) is 63.4 cm³/mol. The molecule has 0 saturated heterocycles. The molecule has 0 aromatic carbocycles. The smallest absolute Gasteiger partial charge is 0.118 e. The Morgan fingerprint density at radius 1 is 1.50 bits per heavy atom. The Morgan fingerprint density at radius 3 is 2.88 bits per heavy atom. The predicted octanol–water partition coefficient (Wildman–Crippen LogP) is 2.48. The molecule has 1 aromatic rings. The Labute approximate surface area is 97.4 Å². The molecule has 2 rings (SSSR count). The van der Waals surface area contributed by atoms with Crippen LogP contribution < -0.4 is 0 Å². The molecule has 1 heterocycles. The number of methoxy groups -OCH3 is 1. The van der Waals surface area contributed by atoms with Gasteiger partial charge in [-0.2, -0.15) is 0 Å². The summed E-state index contributed by atoms with van der Waals surface area (Å²) >= 11 is 0. The van der Waals surface area contributed by atoms with E-state index >= 15 is 0 Å². The Kier molecular flexibility index (Phi) is 3.66. The summed E-state index contributed by atoms with van der Waals surface area (Å²) in [7, 11) is 3.81. The van der Waals surface area contributed by atoms with Crippen LogP contribution in [0.1, 0.15) is 30.8 Å². The van der Waals surface area contributed by atoms with Crippen LogP contribution in [-0.2, 0) is 11.3 Å². The first-order valence-electron chi connectivity index (χ1n) is 5.96. The second-order valence-corrected chi connectivity index (χ2v) is 4.85. The topological polar surface area (TPSA) is 25.6 Å². The number of furan rings is 1. The summed E-state index contributed by atoms with van der Waals surface area (Å²) in [6.07, 6.45) is 1.28. The van der Waals surface area contributed by atoms with E-state index in [0.29, 0.717) is 5.92 Å². The molecule has 16 heavy (non-hydrogen) atoms. The molecule has 0 aliphatic heterocycles. The molecule has 0 radical (unpaired) electrons. The van der Waals surface area contributed by atoms with Crippen LogP contribution in [0.4, 0.5) is 0 Å². The van der Waals surface area contributed by atoms with Crippen molar-refractivity contribution in [3.05, 3.63) is 23.7 Å². The molecule has 3 heteroatoms. The van der Waals surface area contributed by atoms with E-state index in [1.807, 2.05) is 0 Å². The van der Waals surface area contributed by atoms with Gasteiger partial charge in [0.15, 0.2) is 0 Å². The Bertz CT molecular complexity index is 334. The largest absolute Gasteiger partial charge is 0.464 e. The lowest BCUT2D eigenvalue weighted by molar-refractivity contribution is 0.154. The fourth-order valence-corrected chi connectivity index (χ4v) is 1.99. The summed E-state index contributed by atoms with van der Waals surface area (Å²) in [5, 5.41) is 0. The van der Waals surface area contributed by atoms with Crippen LogP contribution in [-0.4, -0.2) is 32.2 Å². The molecule has 2 atom stereocenters. The van der Waals surface area contributed by atoms with Crippen molar-refractivity contribution in [2.24, 2.45) is 5.92 Å². The van der Waals surface area contributed by atoms with E-state index in [2.05, 4.69) is 31.0 Å². The quantitative estimate of drug-likeness (QED) is 0.741. The zero-order valence-corrected chi connectivity index (χ0v) is 10.4. The molecule has 1 aliphatic carbocycles. The van der Waals surface area contributed by atoms with E-state index in [4.69, 9.17) is 9.15 Å². The Hall–Kier alpha value is -0.800. The highest BCUT2D eigenvalue weighted by Gasteiger charge is 2.36. The van der Waals surface area contributed by atoms with Crippen LogP contribution in [0.25, 0.3) is 0 Å². The molecule has 0 N–H and O–H groups in total. The fourth-order valence-electron chi connectivity index (χ4n) is 1.99. The zero-order chi connectivity index (χ0) is 11.5. The van der Waals surface area contributed by atoms with Gasteiger partial charge >= 0.3 is 0 Å². The maximum atomic E-state index is 5.85. The average molecular weight is 223 g/mol. The molecule has 0 spiro atoms. The third-order valence-electron chi connectivity index (χ3n) is 3.26. The highest BCUT2D eigenvalue weighted by Crippen LogP contribution is 2.47. The van der Waals surface area contributed by atoms with Gasteiger partial charge in [-0.3, -0.25) is 4.90 Å². The van der Waals surface area contributed by atoms with Crippen molar-refractivity contribution in [3.8, 4) is 0 Å². The van der Waals surface area contributed by atoms with Gasteiger partial charge in [0.1, 0.15) is 11.5 Å². The fraction of sp³-hybridized carbons (Fsp3) is 0.692. The van der Waals surface area contributed by atoms with Crippen molar-refractivity contribution < 1.29 is 9.15 Å². The van der Waals surface area contributed by atoms with E-state index in [9.17, 15) is 0 Å². The molecule has 1 fully saturated rings. The Balaban J connectivity index is 1.83. The van der Waals surface area contributed by atoms with Gasteiger partial charge in [0.05, 0.1) is 13.2 Å². The summed E-state index contributed by atoms with van der Waals surface area (Å²) < 4.78 is 10.9. The average Bonchev–Trinajstić information content (AvgIpc) is 2.80. The van der Waals surface area contributed by atoms with Gasteiger partial charge < -0.3 is 9.15 Å². The number of ether oxygens (including phenoxy) is 1. The first-order valence-corrected chi connectivity index (χ1v) is 5.96. The molecule has 1 saturated carbocycles. The lowest BCUT2D eigenvalue weighted by Crippen LogP contribution is -2.21. The van der Waals surface area contributed by atoms with Crippen molar-refractivity contribution in [3.63, 3.8) is 0 Å². The van der Waals surface area contributed by atoms with E-state index in [-0.39, 0.29) is 0 Å². The molecular formula is C13H21NO2. The number of hydrogen-bond donors (Lipinski definition) is 0. The van der Waals surface area contributed by atoms with Crippen LogP contribution in [0, 0.1) is 5.92 Å². The number of hydrogen-bond acceptors (Lipinski definition) is 3. The van der Waals surface area contributed by atoms with Gasteiger partial charge in [-0.15, -0.1) is 0 Å². The van der Waals surface area contributed by atoms with Crippen LogP contribution in [0.5, 0.6) is 0 Å². The summed E-state index contributed by atoms with van der Waals surface area (Å²) in [6, 6.07) is 4.23. The van der Waals surface area contributed by atoms with Crippen LogP contribution in [0.2, 0.25) is 0 Å². The second-order valence-electron chi connectivity index (χ2n) is 4.85. The molecular weight excluding hydrogens is 202 g/mol. The molecule has 3 nitrogen and oxygen atoms in total. The number of nitrogens with zero attached hydrogens (tertiary/aromatic N) is 1. The van der Waals surface area contributed by atoms with Crippen LogP contribution >= 0.6 is 0 Å². The van der Waals surface area contributed by atoms with Crippen molar-refractivity contribution in [2.45, 2.75) is 25.8 Å². The van der Waals surface area contributed by atoms with Gasteiger partial charge in [-0.05, 0) is 31.5 Å². The van der Waals surface area contributed by atoms with E-state index in [0.717, 1.165) is 31.4 Å². The highest BCUT2D eigenvalue weighted by atomic mass is 16.5. The molecule has 2 unspecified atom stereocenters. The van der Waals surface area contributed by atoms with Gasteiger partial charge in [-0.25, -0.2) is 0 Å². The lowest BCUT2D eigenvalue weighted by Gasteiger charge is -2.13. The van der Waals surface area contributed by atoms with Gasteiger partial charge in [0.2, 0.25) is 0 Å². The highest BCUT2D eigenvalue weighted by molar-refractivity contribution is 5.17. The maximum Gasteiger partial charge on any atom is 0.118 e. The maximum absolute atomic E-state index is 5.85. The van der Waals surface area contributed by atoms with E-state index in [1.165, 1.54) is 12.2 Å². The summed E-state index contributed by atoms with van der Waals surface area (Å²) in [5.74, 6) is 3.72. The number of likely N-dealkylation sites (N-methyl/N-ethyl adjacent to an activating group) is 1.